The zero-order valence-corrected chi connectivity index (χ0v) is 11.5. The number of hydrogen-bond acceptors (Lipinski definition) is 4. The summed E-state index contributed by atoms with van der Waals surface area (Å²) in [5, 5.41) is 0. The van der Waals surface area contributed by atoms with E-state index < -0.39 is 0 Å². The van der Waals surface area contributed by atoms with Gasteiger partial charge < -0.3 is 18.9 Å². The number of fused-ring (bicyclic) bond motifs is 1. The molecular weight excluding hydrogens is 268 g/mol. The average Bonchev–Trinajstić information content (AvgIpc) is 3.17. The largest absolute Gasteiger partial charge is 0.454 e. The quantitative estimate of drug-likeness (QED) is 0.868. The van der Waals surface area contributed by atoms with Gasteiger partial charge in [0.15, 0.2) is 17.8 Å². The predicted octanol–water partition coefficient (Wildman–Crippen LogP) is 3.07. The van der Waals surface area contributed by atoms with E-state index in [1.165, 1.54) is 5.56 Å². The lowest BCUT2D eigenvalue weighted by Crippen LogP contribution is -2.13. The van der Waals surface area contributed by atoms with Gasteiger partial charge in [-0.15, -0.1) is 0 Å². The van der Waals surface area contributed by atoms with Gasteiger partial charge in [-0.2, -0.15) is 0 Å². The molecule has 0 aliphatic carbocycles. The maximum Gasteiger partial charge on any atom is 0.231 e. The van der Waals surface area contributed by atoms with Crippen molar-refractivity contribution >= 4 is 0 Å². The van der Waals surface area contributed by atoms with Gasteiger partial charge in [0.05, 0.1) is 12.7 Å². The Labute approximate surface area is 123 Å². The highest BCUT2D eigenvalue weighted by Gasteiger charge is 2.27. The zero-order chi connectivity index (χ0) is 14.1. The molecule has 4 heteroatoms. The molecule has 4 nitrogen and oxygen atoms in total. The summed E-state index contributed by atoms with van der Waals surface area (Å²) in [5.74, 6) is 1.62. The van der Waals surface area contributed by atoms with Gasteiger partial charge in [0, 0.05) is 12.0 Å². The summed E-state index contributed by atoms with van der Waals surface area (Å²) in [4.78, 5) is 0. The fourth-order valence-electron chi connectivity index (χ4n) is 2.67. The first-order valence-electron chi connectivity index (χ1n) is 7.09. The van der Waals surface area contributed by atoms with Gasteiger partial charge in [-0.3, -0.25) is 0 Å². The Balaban J connectivity index is 1.42. The second kappa shape index (κ2) is 5.39. The molecule has 21 heavy (non-hydrogen) atoms. The van der Waals surface area contributed by atoms with Crippen LogP contribution in [0.25, 0.3) is 0 Å². The van der Waals surface area contributed by atoms with Crippen molar-refractivity contribution in [1.29, 1.82) is 0 Å². The molecule has 0 saturated carbocycles. The molecule has 4 rings (SSSR count). The Morgan fingerprint density at radius 1 is 0.952 bits per heavy atom. The molecule has 2 unspecified atom stereocenters. The Kier molecular flexibility index (Phi) is 3.25. The molecule has 1 fully saturated rings. The van der Waals surface area contributed by atoms with Crippen molar-refractivity contribution in [3.8, 4) is 11.5 Å². The highest BCUT2D eigenvalue weighted by molar-refractivity contribution is 5.44. The zero-order valence-electron chi connectivity index (χ0n) is 11.5. The highest BCUT2D eigenvalue weighted by Crippen LogP contribution is 2.34. The first-order chi connectivity index (χ1) is 10.4. The third-order valence-electron chi connectivity index (χ3n) is 3.72. The van der Waals surface area contributed by atoms with Crippen LogP contribution in [-0.4, -0.2) is 19.5 Å². The monoisotopic (exact) mass is 284 g/mol. The van der Waals surface area contributed by atoms with Crippen LogP contribution >= 0.6 is 0 Å². The van der Waals surface area contributed by atoms with Crippen molar-refractivity contribution in [3.63, 3.8) is 0 Å². The Hall–Kier alpha value is -2.04. The molecule has 2 aromatic carbocycles. The third-order valence-corrected chi connectivity index (χ3v) is 3.72. The van der Waals surface area contributed by atoms with E-state index in [0.29, 0.717) is 13.4 Å². The Morgan fingerprint density at radius 3 is 2.71 bits per heavy atom. The van der Waals surface area contributed by atoms with Gasteiger partial charge >= 0.3 is 0 Å². The molecule has 1 saturated heterocycles. The minimum atomic E-state index is -0.259. The maximum atomic E-state index is 5.98. The standard InChI is InChI=1S/C17H16O4/c1-2-4-13(5-3-1)17-18-10-14(21-17)8-12-6-7-15-16(9-12)20-11-19-15/h1-7,9,14,17H,8,10-11H2. The normalized spacial score (nSPS) is 23.4. The minimum absolute atomic E-state index is 0.0653. The van der Waals surface area contributed by atoms with Crippen LogP contribution in [0.15, 0.2) is 48.5 Å². The minimum Gasteiger partial charge on any atom is -0.454 e. The lowest BCUT2D eigenvalue weighted by Gasteiger charge is -2.12. The van der Waals surface area contributed by atoms with E-state index in [-0.39, 0.29) is 12.4 Å². The summed E-state index contributed by atoms with van der Waals surface area (Å²) in [6, 6.07) is 16.0. The molecule has 2 aliphatic heterocycles. The van der Waals surface area contributed by atoms with E-state index in [2.05, 4.69) is 0 Å². The van der Waals surface area contributed by atoms with E-state index >= 15 is 0 Å². The van der Waals surface area contributed by atoms with Crippen LogP contribution in [0.4, 0.5) is 0 Å². The first-order valence-corrected chi connectivity index (χ1v) is 7.09. The number of rotatable bonds is 3. The second-order valence-electron chi connectivity index (χ2n) is 5.23. The van der Waals surface area contributed by atoms with Crippen LogP contribution < -0.4 is 9.47 Å². The molecule has 0 spiro atoms. The molecule has 0 radical (unpaired) electrons. The van der Waals surface area contributed by atoms with Crippen LogP contribution in [0.3, 0.4) is 0 Å². The average molecular weight is 284 g/mol. The van der Waals surface area contributed by atoms with Crippen LogP contribution in [0.5, 0.6) is 11.5 Å². The third kappa shape index (κ3) is 2.60. The van der Waals surface area contributed by atoms with E-state index in [4.69, 9.17) is 18.9 Å². The number of hydrogen-bond donors (Lipinski definition) is 0. The van der Waals surface area contributed by atoms with Gasteiger partial charge in [0.1, 0.15) is 0 Å². The SMILES string of the molecule is c1ccc(C2OCC(Cc3ccc4c(c3)OCO4)O2)cc1. The number of benzene rings is 2. The smallest absolute Gasteiger partial charge is 0.231 e. The fraction of sp³-hybridized carbons (Fsp3) is 0.294. The van der Waals surface area contributed by atoms with Gasteiger partial charge in [-0.05, 0) is 17.7 Å². The summed E-state index contributed by atoms with van der Waals surface area (Å²) >= 11 is 0. The van der Waals surface area contributed by atoms with Crippen LogP contribution in [0.2, 0.25) is 0 Å². The van der Waals surface area contributed by atoms with E-state index in [9.17, 15) is 0 Å². The van der Waals surface area contributed by atoms with Crippen LogP contribution in [0, 0.1) is 0 Å². The lowest BCUT2D eigenvalue weighted by molar-refractivity contribution is -0.0598. The molecule has 2 heterocycles. The molecule has 2 atom stereocenters. The van der Waals surface area contributed by atoms with Gasteiger partial charge in [0.2, 0.25) is 6.79 Å². The van der Waals surface area contributed by atoms with E-state index in [0.717, 1.165) is 23.5 Å². The maximum absolute atomic E-state index is 5.98. The molecular formula is C17H16O4. The summed E-state index contributed by atoms with van der Waals surface area (Å²) in [5.41, 5.74) is 2.23. The molecule has 0 N–H and O–H groups in total. The van der Waals surface area contributed by atoms with Crippen molar-refractivity contribution in [2.24, 2.45) is 0 Å². The molecule has 108 valence electrons. The Bertz CT molecular complexity index is 626. The lowest BCUT2D eigenvalue weighted by atomic mass is 10.1. The predicted molar refractivity (Wildman–Crippen MR) is 76.3 cm³/mol. The first kappa shape index (κ1) is 12.7. The van der Waals surface area contributed by atoms with Gasteiger partial charge in [-0.25, -0.2) is 0 Å². The summed E-state index contributed by atoms with van der Waals surface area (Å²) in [7, 11) is 0. The molecule has 0 amide bonds. The number of ether oxygens (including phenoxy) is 4. The van der Waals surface area contributed by atoms with Crippen molar-refractivity contribution in [2.75, 3.05) is 13.4 Å². The molecule has 0 bridgehead atoms. The van der Waals surface area contributed by atoms with Crippen LogP contribution in [-0.2, 0) is 15.9 Å². The van der Waals surface area contributed by atoms with Crippen LogP contribution in [0.1, 0.15) is 17.4 Å². The van der Waals surface area contributed by atoms with E-state index in [1.54, 1.807) is 0 Å². The van der Waals surface area contributed by atoms with Crippen molar-refractivity contribution in [2.45, 2.75) is 18.8 Å². The fourth-order valence-corrected chi connectivity index (χ4v) is 2.67. The highest BCUT2D eigenvalue weighted by atomic mass is 16.7. The van der Waals surface area contributed by atoms with Crippen molar-refractivity contribution in [1.82, 2.24) is 0 Å². The summed E-state index contributed by atoms with van der Waals surface area (Å²) in [6.07, 6.45) is 0.612. The molecule has 2 aliphatic rings. The van der Waals surface area contributed by atoms with Gasteiger partial charge in [-0.1, -0.05) is 36.4 Å². The summed E-state index contributed by atoms with van der Waals surface area (Å²) in [6.45, 7) is 0.909. The molecule has 0 aromatic heterocycles. The van der Waals surface area contributed by atoms with E-state index in [1.807, 2.05) is 48.5 Å². The topological polar surface area (TPSA) is 36.9 Å². The van der Waals surface area contributed by atoms with Gasteiger partial charge in [0.25, 0.3) is 0 Å². The second-order valence-corrected chi connectivity index (χ2v) is 5.23. The van der Waals surface area contributed by atoms with Crippen molar-refractivity contribution < 1.29 is 18.9 Å². The summed E-state index contributed by atoms with van der Waals surface area (Å²) < 4.78 is 22.4. The molecule has 2 aromatic rings. The Morgan fingerprint density at radius 2 is 1.81 bits per heavy atom. The van der Waals surface area contributed by atoms with Crippen molar-refractivity contribution in [3.05, 3.63) is 59.7 Å².